The summed E-state index contributed by atoms with van der Waals surface area (Å²) in [5.74, 6) is -0.775. The fraction of sp³-hybridized carbons (Fsp3) is 0.462. The number of hydrogen-bond donors (Lipinski definition) is 1. The molecular weight excluding hydrogens is 248 g/mol. The number of carbonyl (C=O) groups excluding carboxylic acids is 2. The number of amides is 2. The Balaban J connectivity index is 2.97. The van der Waals surface area contributed by atoms with E-state index in [1.165, 1.54) is 4.90 Å². The van der Waals surface area contributed by atoms with Gasteiger partial charge in [-0.1, -0.05) is 32.9 Å². The van der Waals surface area contributed by atoms with E-state index in [2.05, 4.69) is 11.9 Å². The Labute approximate surface area is 113 Å². The molecule has 0 aromatic rings. The number of hydrogen-bond acceptors (Lipinski definition) is 3. The summed E-state index contributed by atoms with van der Waals surface area (Å²) >= 11 is 4.96. The number of thiocarbonyl (C=S) groups is 1. The Hall–Kier alpha value is -1.49. The second kappa shape index (κ2) is 5.44. The highest BCUT2D eigenvalue weighted by atomic mass is 32.1. The van der Waals surface area contributed by atoms with Crippen LogP contribution in [0, 0.1) is 5.41 Å². The second-order valence-electron chi connectivity index (χ2n) is 5.35. The molecule has 0 aromatic carbocycles. The van der Waals surface area contributed by atoms with Crippen LogP contribution in [-0.2, 0) is 9.59 Å². The molecule has 0 radical (unpaired) electrons. The van der Waals surface area contributed by atoms with Crippen molar-refractivity contribution in [2.75, 3.05) is 6.54 Å². The lowest BCUT2D eigenvalue weighted by molar-refractivity contribution is -0.128. The molecule has 1 rings (SSSR count). The SMILES string of the molecule is C=CCN1C(=O)/C(=C/CC(C)(C)C)C(=O)NC1=S. The van der Waals surface area contributed by atoms with Crippen molar-refractivity contribution in [2.24, 2.45) is 5.41 Å². The average molecular weight is 266 g/mol. The zero-order chi connectivity index (χ0) is 13.9. The van der Waals surface area contributed by atoms with Gasteiger partial charge in [0.05, 0.1) is 0 Å². The standard InChI is InChI=1S/C13H18N2O2S/c1-5-8-15-11(17)9(6-7-13(2,3)4)10(16)14-12(15)18/h5-6H,1,7-8H2,2-4H3,(H,14,16,18)/b9-6+. The molecule has 1 fully saturated rings. The Morgan fingerprint density at radius 3 is 2.50 bits per heavy atom. The molecule has 0 aromatic heterocycles. The quantitative estimate of drug-likeness (QED) is 0.366. The Morgan fingerprint density at radius 1 is 1.39 bits per heavy atom. The first-order valence-corrected chi connectivity index (χ1v) is 6.15. The minimum atomic E-state index is -0.422. The third kappa shape index (κ3) is 3.50. The van der Waals surface area contributed by atoms with Crippen LogP contribution in [0.15, 0.2) is 24.3 Å². The van der Waals surface area contributed by atoms with Crippen LogP contribution in [0.5, 0.6) is 0 Å². The van der Waals surface area contributed by atoms with Gasteiger partial charge in [0.25, 0.3) is 11.8 Å². The number of rotatable bonds is 3. The summed E-state index contributed by atoms with van der Waals surface area (Å²) in [5.41, 5.74) is 0.176. The smallest absolute Gasteiger partial charge is 0.265 e. The van der Waals surface area contributed by atoms with Crippen molar-refractivity contribution in [3.8, 4) is 0 Å². The first-order chi connectivity index (χ1) is 8.26. The summed E-state index contributed by atoms with van der Waals surface area (Å²) in [4.78, 5) is 25.2. The van der Waals surface area contributed by atoms with E-state index < -0.39 is 5.91 Å². The molecule has 0 unspecified atom stereocenters. The molecular formula is C13H18N2O2S. The van der Waals surface area contributed by atoms with Gasteiger partial charge in [-0.3, -0.25) is 19.8 Å². The first kappa shape index (κ1) is 14.6. The number of nitrogens with zero attached hydrogens (tertiary/aromatic N) is 1. The van der Waals surface area contributed by atoms with Gasteiger partial charge in [0.2, 0.25) is 0 Å². The summed E-state index contributed by atoms with van der Waals surface area (Å²) in [6.45, 7) is 9.99. The third-order valence-corrected chi connectivity index (χ3v) is 2.74. The Bertz CT molecular complexity index is 433. The van der Waals surface area contributed by atoms with Crippen molar-refractivity contribution in [1.82, 2.24) is 10.2 Å². The molecule has 5 heteroatoms. The number of nitrogens with one attached hydrogen (secondary N) is 1. The predicted octanol–water partition coefficient (Wildman–Crippen LogP) is 1.78. The fourth-order valence-electron chi connectivity index (χ4n) is 1.45. The molecule has 18 heavy (non-hydrogen) atoms. The van der Waals surface area contributed by atoms with Gasteiger partial charge in [-0.15, -0.1) is 6.58 Å². The molecule has 1 aliphatic rings. The van der Waals surface area contributed by atoms with E-state index in [1.807, 2.05) is 20.8 Å². The zero-order valence-corrected chi connectivity index (χ0v) is 11.8. The minimum Gasteiger partial charge on any atom is -0.298 e. The lowest BCUT2D eigenvalue weighted by atomic mass is 9.91. The Morgan fingerprint density at radius 2 is 2.00 bits per heavy atom. The maximum atomic E-state index is 12.1. The largest absolute Gasteiger partial charge is 0.298 e. The van der Waals surface area contributed by atoms with Crippen LogP contribution >= 0.6 is 12.2 Å². The van der Waals surface area contributed by atoms with E-state index in [1.54, 1.807) is 12.2 Å². The number of allylic oxidation sites excluding steroid dienone is 1. The molecule has 1 N–H and O–H groups in total. The van der Waals surface area contributed by atoms with Crippen LogP contribution in [0.3, 0.4) is 0 Å². The lowest BCUT2D eigenvalue weighted by Gasteiger charge is -2.28. The van der Waals surface area contributed by atoms with Crippen LogP contribution < -0.4 is 5.32 Å². The van der Waals surface area contributed by atoms with Gasteiger partial charge in [-0.2, -0.15) is 0 Å². The van der Waals surface area contributed by atoms with Crippen LogP contribution in [0.2, 0.25) is 0 Å². The molecule has 98 valence electrons. The van der Waals surface area contributed by atoms with E-state index in [0.29, 0.717) is 13.0 Å². The molecule has 0 spiro atoms. The molecule has 4 nitrogen and oxygen atoms in total. The van der Waals surface area contributed by atoms with Crippen molar-refractivity contribution < 1.29 is 9.59 Å². The highest BCUT2D eigenvalue weighted by Crippen LogP contribution is 2.21. The van der Waals surface area contributed by atoms with Gasteiger partial charge in [-0.25, -0.2) is 0 Å². The van der Waals surface area contributed by atoms with Crippen LogP contribution in [0.4, 0.5) is 0 Å². The van der Waals surface area contributed by atoms with E-state index in [0.717, 1.165) is 0 Å². The second-order valence-corrected chi connectivity index (χ2v) is 5.73. The summed E-state index contributed by atoms with van der Waals surface area (Å²) in [6, 6.07) is 0. The molecule has 1 aliphatic heterocycles. The van der Waals surface area contributed by atoms with Gasteiger partial charge in [0, 0.05) is 6.54 Å². The highest BCUT2D eigenvalue weighted by Gasteiger charge is 2.32. The molecule has 0 aliphatic carbocycles. The van der Waals surface area contributed by atoms with Crippen molar-refractivity contribution in [2.45, 2.75) is 27.2 Å². The monoisotopic (exact) mass is 266 g/mol. The molecule has 0 bridgehead atoms. The van der Waals surface area contributed by atoms with Crippen LogP contribution in [0.25, 0.3) is 0 Å². The molecule has 1 heterocycles. The van der Waals surface area contributed by atoms with E-state index in [9.17, 15) is 9.59 Å². The third-order valence-electron chi connectivity index (χ3n) is 2.42. The summed E-state index contributed by atoms with van der Waals surface area (Å²) in [6.07, 6.45) is 3.90. The van der Waals surface area contributed by atoms with Gasteiger partial charge in [0.15, 0.2) is 5.11 Å². The predicted molar refractivity (Wildman–Crippen MR) is 74.8 cm³/mol. The lowest BCUT2D eigenvalue weighted by Crippen LogP contribution is -2.54. The van der Waals surface area contributed by atoms with Gasteiger partial charge in [0.1, 0.15) is 5.57 Å². The van der Waals surface area contributed by atoms with E-state index in [-0.39, 0.29) is 22.0 Å². The summed E-state index contributed by atoms with van der Waals surface area (Å²) in [5, 5.41) is 2.65. The maximum absolute atomic E-state index is 12.1. The van der Waals surface area contributed by atoms with Crippen molar-refractivity contribution in [3.05, 3.63) is 24.3 Å². The molecule has 1 saturated heterocycles. The minimum absolute atomic E-state index is 0.0226. The van der Waals surface area contributed by atoms with Gasteiger partial charge >= 0.3 is 0 Å². The zero-order valence-electron chi connectivity index (χ0n) is 10.9. The van der Waals surface area contributed by atoms with Crippen molar-refractivity contribution in [3.63, 3.8) is 0 Å². The molecule has 2 amide bonds. The summed E-state index contributed by atoms with van der Waals surface area (Å²) < 4.78 is 0. The Kier molecular flexibility index (Phi) is 4.40. The summed E-state index contributed by atoms with van der Waals surface area (Å²) in [7, 11) is 0. The number of carbonyl (C=O) groups is 2. The fourth-order valence-corrected chi connectivity index (χ4v) is 1.70. The van der Waals surface area contributed by atoms with E-state index in [4.69, 9.17) is 12.2 Å². The van der Waals surface area contributed by atoms with Crippen molar-refractivity contribution >= 4 is 29.1 Å². The molecule has 0 atom stereocenters. The van der Waals surface area contributed by atoms with Gasteiger partial charge in [-0.05, 0) is 24.1 Å². The van der Waals surface area contributed by atoms with Crippen LogP contribution in [0.1, 0.15) is 27.2 Å². The maximum Gasteiger partial charge on any atom is 0.265 e. The normalized spacial score (nSPS) is 19.2. The van der Waals surface area contributed by atoms with Gasteiger partial charge < -0.3 is 0 Å². The average Bonchev–Trinajstić information content (AvgIpc) is 2.22. The first-order valence-electron chi connectivity index (χ1n) is 5.74. The highest BCUT2D eigenvalue weighted by molar-refractivity contribution is 7.80. The molecule has 0 saturated carbocycles. The van der Waals surface area contributed by atoms with E-state index >= 15 is 0 Å². The topological polar surface area (TPSA) is 49.4 Å². The van der Waals surface area contributed by atoms with Crippen molar-refractivity contribution in [1.29, 1.82) is 0 Å². The van der Waals surface area contributed by atoms with Crippen LogP contribution in [-0.4, -0.2) is 28.4 Å².